The van der Waals surface area contributed by atoms with Crippen LogP contribution in [-0.2, 0) is 10.8 Å². The number of aromatic nitrogens is 5. The van der Waals surface area contributed by atoms with E-state index in [9.17, 15) is 0 Å². The molecule has 0 atom stereocenters. The average molecular weight is 347 g/mol. The monoisotopic (exact) mass is 347 g/mol. The fraction of sp³-hybridized carbons (Fsp3) is 0.381. The van der Waals surface area contributed by atoms with Gasteiger partial charge in [-0.2, -0.15) is 0 Å². The highest BCUT2D eigenvalue weighted by Crippen LogP contribution is 2.27. The third kappa shape index (κ3) is 2.87. The maximum absolute atomic E-state index is 4.73. The van der Waals surface area contributed by atoms with E-state index in [4.69, 9.17) is 9.97 Å². The first-order chi connectivity index (χ1) is 12.1. The second-order valence-corrected chi connectivity index (χ2v) is 8.99. The smallest absolute Gasteiger partial charge is 0.157 e. The number of rotatable bonds is 1. The van der Waals surface area contributed by atoms with Crippen molar-refractivity contribution in [3.05, 3.63) is 41.9 Å². The zero-order chi connectivity index (χ0) is 18.7. The number of hydrogen-bond donors (Lipinski definition) is 2. The number of imidazole rings is 2. The van der Waals surface area contributed by atoms with Gasteiger partial charge < -0.3 is 9.97 Å². The molecule has 5 heteroatoms. The van der Waals surface area contributed by atoms with Crippen molar-refractivity contribution in [3.8, 4) is 11.5 Å². The molecule has 2 N–H and O–H groups in total. The van der Waals surface area contributed by atoms with Crippen LogP contribution in [0.2, 0.25) is 0 Å². The van der Waals surface area contributed by atoms with Gasteiger partial charge in [-0.3, -0.25) is 4.98 Å². The quantitative estimate of drug-likeness (QED) is 0.503. The number of nitrogens with zero attached hydrogens (tertiary/aromatic N) is 3. The number of nitrogens with one attached hydrogen (secondary N) is 2. The topological polar surface area (TPSA) is 70.2 Å². The Morgan fingerprint density at radius 2 is 1.46 bits per heavy atom. The highest BCUT2D eigenvalue weighted by molar-refractivity contribution is 5.92. The summed E-state index contributed by atoms with van der Waals surface area (Å²) in [4.78, 5) is 20.9. The van der Waals surface area contributed by atoms with E-state index in [2.05, 4.69) is 68.6 Å². The Bertz CT molecular complexity index is 1030. The van der Waals surface area contributed by atoms with E-state index in [0.29, 0.717) is 0 Å². The zero-order valence-corrected chi connectivity index (χ0v) is 16.2. The van der Waals surface area contributed by atoms with Gasteiger partial charge in [-0.05, 0) is 29.2 Å². The molecular formula is C21H25N5. The van der Waals surface area contributed by atoms with E-state index in [1.165, 1.54) is 5.56 Å². The number of fused-ring (bicyclic) bond motifs is 2. The molecule has 26 heavy (non-hydrogen) atoms. The van der Waals surface area contributed by atoms with Crippen molar-refractivity contribution >= 4 is 22.1 Å². The number of hydrogen-bond acceptors (Lipinski definition) is 3. The van der Waals surface area contributed by atoms with E-state index in [-0.39, 0.29) is 10.8 Å². The van der Waals surface area contributed by atoms with Gasteiger partial charge in [0.25, 0.3) is 0 Å². The van der Waals surface area contributed by atoms with Crippen LogP contribution in [0.4, 0.5) is 0 Å². The Morgan fingerprint density at radius 1 is 0.769 bits per heavy atom. The second kappa shape index (κ2) is 5.40. The first-order valence-corrected chi connectivity index (χ1v) is 8.98. The van der Waals surface area contributed by atoms with Crippen LogP contribution in [0.25, 0.3) is 33.6 Å². The lowest BCUT2D eigenvalue weighted by molar-refractivity contribution is 0.554. The third-order valence-corrected chi connectivity index (χ3v) is 4.67. The molecule has 4 rings (SSSR count). The van der Waals surface area contributed by atoms with Crippen LogP contribution in [0.5, 0.6) is 0 Å². The minimum atomic E-state index is -0.00988. The Balaban J connectivity index is 1.76. The average Bonchev–Trinajstić information content (AvgIpc) is 3.14. The van der Waals surface area contributed by atoms with E-state index >= 15 is 0 Å². The minimum Gasteiger partial charge on any atom is -0.341 e. The number of benzene rings is 1. The molecule has 0 fully saturated rings. The fourth-order valence-electron chi connectivity index (χ4n) is 2.97. The molecule has 3 aromatic heterocycles. The predicted molar refractivity (Wildman–Crippen MR) is 106 cm³/mol. The molecule has 0 radical (unpaired) electrons. The molecule has 0 spiro atoms. The van der Waals surface area contributed by atoms with E-state index in [1.54, 1.807) is 0 Å². The fourth-order valence-corrected chi connectivity index (χ4v) is 2.97. The van der Waals surface area contributed by atoms with Gasteiger partial charge in [0.1, 0.15) is 11.5 Å². The molecule has 0 unspecified atom stereocenters. The van der Waals surface area contributed by atoms with Crippen LogP contribution < -0.4 is 0 Å². The molecule has 3 heterocycles. The van der Waals surface area contributed by atoms with Crippen LogP contribution in [0.15, 0.2) is 30.5 Å². The second-order valence-electron chi connectivity index (χ2n) is 8.99. The first-order valence-electron chi connectivity index (χ1n) is 8.98. The first kappa shape index (κ1) is 16.8. The van der Waals surface area contributed by atoms with E-state index < -0.39 is 0 Å². The molecular weight excluding hydrogens is 322 g/mol. The van der Waals surface area contributed by atoms with Gasteiger partial charge in [-0.25, -0.2) is 9.97 Å². The van der Waals surface area contributed by atoms with Crippen LogP contribution in [-0.4, -0.2) is 24.9 Å². The van der Waals surface area contributed by atoms with Crippen molar-refractivity contribution in [3.63, 3.8) is 0 Å². The summed E-state index contributed by atoms with van der Waals surface area (Å²) in [5.41, 5.74) is 5.99. The van der Waals surface area contributed by atoms with Crippen LogP contribution >= 0.6 is 0 Å². The Morgan fingerprint density at radius 3 is 2.08 bits per heavy atom. The van der Waals surface area contributed by atoms with Gasteiger partial charge in [-0.1, -0.05) is 47.6 Å². The molecule has 0 aliphatic heterocycles. The molecule has 0 aliphatic carbocycles. The van der Waals surface area contributed by atoms with Crippen molar-refractivity contribution in [1.29, 1.82) is 0 Å². The summed E-state index contributed by atoms with van der Waals surface area (Å²) >= 11 is 0. The lowest BCUT2D eigenvalue weighted by Crippen LogP contribution is -2.12. The highest BCUT2D eigenvalue weighted by Gasteiger charge is 2.19. The summed E-state index contributed by atoms with van der Waals surface area (Å²) in [6.07, 6.45) is 1.93. The van der Waals surface area contributed by atoms with Crippen molar-refractivity contribution < 1.29 is 0 Å². The maximum Gasteiger partial charge on any atom is 0.157 e. The number of aromatic amines is 2. The number of pyridine rings is 1. The summed E-state index contributed by atoms with van der Waals surface area (Å²) in [6.45, 7) is 13.0. The molecule has 0 bridgehead atoms. The van der Waals surface area contributed by atoms with Gasteiger partial charge in [0.05, 0.1) is 22.1 Å². The standard InChI is InChI=1S/C21H25N5/c1-20(2,3)12-7-8-13(22-11-12)18-23-14-9-16-17(10-15(14)24-18)26-19(25-16)21(4,5)6/h7-11H,1-6H3,(H,23,24)(H,25,26). The van der Waals surface area contributed by atoms with Gasteiger partial charge in [0.15, 0.2) is 5.82 Å². The summed E-state index contributed by atoms with van der Waals surface area (Å²) in [5, 5.41) is 0. The summed E-state index contributed by atoms with van der Waals surface area (Å²) in [7, 11) is 0. The summed E-state index contributed by atoms with van der Waals surface area (Å²) in [5.74, 6) is 1.77. The van der Waals surface area contributed by atoms with Crippen LogP contribution in [0.3, 0.4) is 0 Å². The molecule has 1 aromatic carbocycles. The Kier molecular flexibility index (Phi) is 3.48. The molecule has 0 saturated heterocycles. The molecule has 0 saturated carbocycles. The van der Waals surface area contributed by atoms with Gasteiger partial charge >= 0.3 is 0 Å². The van der Waals surface area contributed by atoms with Crippen LogP contribution in [0.1, 0.15) is 52.9 Å². The summed E-state index contributed by atoms with van der Waals surface area (Å²) < 4.78 is 0. The van der Waals surface area contributed by atoms with Gasteiger partial charge in [0.2, 0.25) is 0 Å². The van der Waals surface area contributed by atoms with Crippen molar-refractivity contribution in [2.24, 2.45) is 0 Å². The minimum absolute atomic E-state index is 0.00988. The molecule has 134 valence electrons. The normalized spacial score (nSPS) is 13.0. The summed E-state index contributed by atoms with van der Waals surface area (Å²) in [6, 6.07) is 8.25. The number of H-pyrrole nitrogens is 2. The van der Waals surface area contributed by atoms with Crippen LogP contribution in [0, 0.1) is 0 Å². The molecule has 5 nitrogen and oxygen atoms in total. The van der Waals surface area contributed by atoms with Crippen molar-refractivity contribution in [2.45, 2.75) is 52.4 Å². The highest BCUT2D eigenvalue weighted by atomic mass is 15.0. The molecule has 0 amide bonds. The SMILES string of the molecule is CC(C)(C)c1ccc(-c2nc3cc4nc(C(C)(C)C)[nH]c4cc3[nH]2)nc1. The van der Waals surface area contributed by atoms with E-state index in [1.807, 2.05) is 18.3 Å². The van der Waals surface area contributed by atoms with Crippen molar-refractivity contribution in [2.75, 3.05) is 0 Å². The van der Waals surface area contributed by atoms with E-state index in [0.717, 1.165) is 39.4 Å². The van der Waals surface area contributed by atoms with Gasteiger partial charge in [0, 0.05) is 11.6 Å². The largest absolute Gasteiger partial charge is 0.341 e. The Labute approximate surface area is 153 Å². The molecule has 0 aliphatic rings. The lowest BCUT2D eigenvalue weighted by atomic mass is 9.88. The molecule has 4 aromatic rings. The van der Waals surface area contributed by atoms with Gasteiger partial charge in [-0.15, -0.1) is 0 Å². The maximum atomic E-state index is 4.73. The zero-order valence-electron chi connectivity index (χ0n) is 16.2. The predicted octanol–water partition coefficient (Wildman–Crippen LogP) is 5.10. The van der Waals surface area contributed by atoms with Crippen molar-refractivity contribution in [1.82, 2.24) is 24.9 Å². The lowest BCUT2D eigenvalue weighted by Gasteiger charge is -2.18. The Hall–Kier alpha value is -2.69. The third-order valence-electron chi connectivity index (χ3n) is 4.67.